The van der Waals surface area contributed by atoms with Crippen molar-refractivity contribution in [3.05, 3.63) is 35.9 Å². The van der Waals surface area contributed by atoms with Gasteiger partial charge in [-0.2, -0.15) is 17.0 Å². The second-order valence-corrected chi connectivity index (χ2v) is 7.46. The van der Waals surface area contributed by atoms with Gasteiger partial charge in [0.1, 0.15) is 5.92 Å². The number of carbonyl (C=O) groups is 1. The summed E-state index contributed by atoms with van der Waals surface area (Å²) in [7, 11) is 0. The molecule has 0 radical (unpaired) electrons. The highest BCUT2D eigenvalue weighted by molar-refractivity contribution is 8.00. The molecule has 1 unspecified atom stereocenters. The van der Waals surface area contributed by atoms with Crippen LogP contribution in [0, 0.1) is 11.3 Å². The summed E-state index contributed by atoms with van der Waals surface area (Å²) in [6.07, 6.45) is 0.969. The smallest absolute Gasteiger partial charge is 0.244 e. The molecule has 0 spiro atoms. The molecule has 3 nitrogen and oxygen atoms in total. The number of carbonyl (C=O) groups excluding carboxylic acids is 1. The molecule has 0 bridgehead atoms. The van der Waals surface area contributed by atoms with E-state index in [0.717, 1.165) is 30.8 Å². The fourth-order valence-electron chi connectivity index (χ4n) is 2.34. The van der Waals surface area contributed by atoms with Crippen LogP contribution >= 0.6 is 11.8 Å². The van der Waals surface area contributed by atoms with Crippen LogP contribution in [0.5, 0.6) is 0 Å². The van der Waals surface area contributed by atoms with E-state index in [1.54, 1.807) is 0 Å². The fourth-order valence-corrected chi connectivity index (χ4v) is 3.44. The first-order chi connectivity index (χ1) is 9.53. The second kappa shape index (κ2) is 6.32. The quantitative estimate of drug-likeness (QED) is 0.840. The van der Waals surface area contributed by atoms with Crippen LogP contribution in [0.4, 0.5) is 0 Å². The van der Waals surface area contributed by atoms with Gasteiger partial charge in [0.05, 0.1) is 6.07 Å². The summed E-state index contributed by atoms with van der Waals surface area (Å²) in [6.45, 7) is 5.90. The molecule has 1 heterocycles. The molecule has 1 aliphatic rings. The molecule has 1 atom stereocenters. The van der Waals surface area contributed by atoms with Crippen molar-refractivity contribution in [2.24, 2.45) is 0 Å². The average Bonchev–Trinajstić information content (AvgIpc) is 2.61. The lowest BCUT2D eigenvalue weighted by molar-refractivity contribution is -0.131. The minimum atomic E-state index is -0.678. The first-order valence-corrected chi connectivity index (χ1v) is 7.89. The van der Waals surface area contributed by atoms with Gasteiger partial charge in [-0.25, -0.2) is 0 Å². The van der Waals surface area contributed by atoms with Gasteiger partial charge in [-0.1, -0.05) is 44.2 Å². The third kappa shape index (κ3) is 3.55. The Kier molecular flexibility index (Phi) is 4.72. The zero-order valence-corrected chi connectivity index (χ0v) is 12.8. The summed E-state index contributed by atoms with van der Waals surface area (Å²) in [5.41, 5.74) is 0.788. The molecule has 1 aromatic carbocycles. The first-order valence-electron chi connectivity index (χ1n) is 6.91. The maximum atomic E-state index is 12.6. The number of nitriles is 1. The van der Waals surface area contributed by atoms with Crippen LogP contribution < -0.4 is 0 Å². The average molecular weight is 288 g/mol. The van der Waals surface area contributed by atoms with E-state index in [1.807, 2.05) is 47.0 Å². The van der Waals surface area contributed by atoms with Gasteiger partial charge in [0, 0.05) is 23.6 Å². The summed E-state index contributed by atoms with van der Waals surface area (Å²) < 4.78 is 0.212. The Morgan fingerprint density at radius 3 is 2.70 bits per heavy atom. The highest BCUT2D eigenvalue weighted by atomic mass is 32.2. The lowest BCUT2D eigenvalue weighted by Crippen LogP contribution is -2.36. The molecule has 1 fully saturated rings. The van der Waals surface area contributed by atoms with Crippen LogP contribution in [-0.2, 0) is 4.79 Å². The monoisotopic (exact) mass is 288 g/mol. The summed E-state index contributed by atoms with van der Waals surface area (Å²) in [5, 5.41) is 9.35. The molecule has 4 heteroatoms. The Bertz CT molecular complexity index is 507. The Labute approximate surface area is 125 Å². The van der Waals surface area contributed by atoms with Gasteiger partial charge in [0.15, 0.2) is 0 Å². The number of amides is 1. The molecule has 2 rings (SSSR count). The standard InChI is InChI=1S/C16H20N2OS/c1-16(2)8-9-18(10-11-20-16)15(19)14(12-17)13-6-4-3-5-7-13/h3-7,14H,8-11H2,1-2H3. The van der Waals surface area contributed by atoms with Crippen LogP contribution in [0.3, 0.4) is 0 Å². The number of nitrogens with zero attached hydrogens (tertiary/aromatic N) is 2. The molecule has 106 valence electrons. The molecule has 1 aromatic rings. The van der Waals surface area contributed by atoms with Crippen LogP contribution in [-0.4, -0.2) is 34.4 Å². The molecule has 1 amide bonds. The molecular weight excluding hydrogens is 268 g/mol. The van der Waals surface area contributed by atoms with Crippen molar-refractivity contribution in [2.45, 2.75) is 30.9 Å². The van der Waals surface area contributed by atoms with E-state index in [4.69, 9.17) is 0 Å². The summed E-state index contributed by atoms with van der Waals surface area (Å²) in [6, 6.07) is 11.5. The summed E-state index contributed by atoms with van der Waals surface area (Å²) >= 11 is 1.90. The largest absolute Gasteiger partial charge is 0.340 e. The van der Waals surface area contributed by atoms with Crippen molar-refractivity contribution in [3.63, 3.8) is 0 Å². The van der Waals surface area contributed by atoms with E-state index in [9.17, 15) is 10.1 Å². The van der Waals surface area contributed by atoms with Crippen molar-refractivity contribution in [2.75, 3.05) is 18.8 Å². The third-order valence-corrected chi connectivity index (χ3v) is 5.03. The molecule has 1 aliphatic heterocycles. The van der Waals surface area contributed by atoms with E-state index < -0.39 is 5.92 Å². The van der Waals surface area contributed by atoms with Crippen molar-refractivity contribution in [1.82, 2.24) is 4.90 Å². The van der Waals surface area contributed by atoms with Gasteiger partial charge in [-0.15, -0.1) is 0 Å². The predicted octanol–water partition coefficient (Wildman–Crippen LogP) is 3.04. The molecular formula is C16H20N2OS. The van der Waals surface area contributed by atoms with Gasteiger partial charge < -0.3 is 4.90 Å². The molecule has 20 heavy (non-hydrogen) atoms. The van der Waals surface area contributed by atoms with Crippen molar-refractivity contribution < 1.29 is 4.79 Å². The number of rotatable bonds is 2. The number of hydrogen-bond acceptors (Lipinski definition) is 3. The minimum Gasteiger partial charge on any atom is -0.340 e. The molecule has 1 saturated heterocycles. The predicted molar refractivity (Wildman–Crippen MR) is 82.5 cm³/mol. The highest BCUT2D eigenvalue weighted by Crippen LogP contribution is 2.31. The van der Waals surface area contributed by atoms with Crippen LogP contribution in [0.25, 0.3) is 0 Å². The molecule has 0 N–H and O–H groups in total. The Balaban J connectivity index is 2.12. The van der Waals surface area contributed by atoms with Crippen molar-refractivity contribution in [3.8, 4) is 6.07 Å². The second-order valence-electron chi connectivity index (χ2n) is 5.66. The molecule has 0 saturated carbocycles. The van der Waals surface area contributed by atoms with E-state index in [1.165, 1.54) is 0 Å². The van der Waals surface area contributed by atoms with Gasteiger partial charge in [0.25, 0.3) is 0 Å². The maximum absolute atomic E-state index is 12.6. The maximum Gasteiger partial charge on any atom is 0.244 e. The van der Waals surface area contributed by atoms with E-state index in [-0.39, 0.29) is 10.7 Å². The SMILES string of the molecule is CC1(C)CCN(C(=O)C(C#N)c2ccccc2)CCS1. The van der Waals surface area contributed by atoms with Crippen LogP contribution in [0.2, 0.25) is 0 Å². The van der Waals surface area contributed by atoms with Gasteiger partial charge >= 0.3 is 0 Å². The van der Waals surface area contributed by atoms with Crippen LogP contribution in [0.1, 0.15) is 31.7 Å². The van der Waals surface area contributed by atoms with Gasteiger partial charge in [-0.3, -0.25) is 4.79 Å². The third-order valence-electron chi connectivity index (χ3n) is 3.66. The van der Waals surface area contributed by atoms with E-state index >= 15 is 0 Å². The fraction of sp³-hybridized carbons (Fsp3) is 0.500. The minimum absolute atomic E-state index is 0.0583. The van der Waals surface area contributed by atoms with Gasteiger partial charge in [-0.05, 0) is 12.0 Å². The summed E-state index contributed by atoms with van der Waals surface area (Å²) in [5.74, 6) is 0.200. The highest BCUT2D eigenvalue weighted by Gasteiger charge is 2.30. The van der Waals surface area contributed by atoms with E-state index in [2.05, 4.69) is 19.9 Å². The van der Waals surface area contributed by atoms with Gasteiger partial charge in [0.2, 0.25) is 5.91 Å². The summed E-state index contributed by atoms with van der Waals surface area (Å²) in [4.78, 5) is 14.4. The molecule has 0 aromatic heterocycles. The number of benzene rings is 1. The number of thioether (sulfide) groups is 1. The topological polar surface area (TPSA) is 44.1 Å². The van der Waals surface area contributed by atoms with Crippen molar-refractivity contribution >= 4 is 17.7 Å². The lowest BCUT2D eigenvalue weighted by Gasteiger charge is -2.24. The van der Waals surface area contributed by atoms with Crippen molar-refractivity contribution in [1.29, 1.82) is 5.26 Å². The first kappa shape index (κ1) is 14.9. The Morgan fingerprint density at radius 1 is 1.35 bits per heavy atom. The van der Waals surface area contributed by atoms with Crippen LogP contribution in [0.15, 0.2) is 30.3 Å². The molecule has 0 aliphatic carbocycles. The van der Waals surface area contributed by atoms with E-state index in [0.29, 0.717) is 0 Å². The normalized spacial score (nSPS) is 19.8. The zero-order chi connectivity index (χ0) is 14.6. The zero-order valence-electron chi connectivity index (χ0n) is 12.0. The number of hydrogen-bond donors (Lipinski definition) is 0. The Morgan fingerprint density at radius 2 is 2.05 bits per heavy atom. The Hall–Kier alpha value is -1.47. The lowest BCUT2D eigenvalue weighted by atomic mass is 9.99.